The van der Waals surface area contributed by atoms with E-state index in [1.165, 1.54) is 6.20 Å². The Morgan fingerprint density at radius 2 is 2.30 bits per heavy atom. The van der Waals surface area contributed by atoms with Crippen LogP contribution in [-0.2, 0) is 0 Å². The van der Waals surface area contributed by atoms with Crippen LogP contribution in [0, 0.1) is 12.7 Å². The topological polar surface area (TPSA) is 24.9 Å². The Labute approximate surface area is 59.1 Å². The highest BCUT2D eigenvalue weighted by atomic mass is 19.1. The van der Waals surface area contributed by atoms with E-state index in [4.69, 9.17) is 0 Å². The number of nitrogens with zero attached hydrogens (tertiary/aromatic N) is 1. The van der Waals surface area contributed by atoms with E-state index >= 15 is 0 Å². The summed E-state index contributed by atoms with van der Waals surface area (Å²) in [4.78, 5) is 3.77. The lowest BCUT2D eigenvalue weighted by Gasteiger charge is -1.99. The standard InChI is InChI=1S/C7H9FN2/c1-5-3-7(9-2)10-4-6(5)8/h3-4H,1-2H3,(H,9,10). The number of hydrogen-bond acceptors (Lipinski definition) is 2. The Bertz CT molecular complexity index is 235. The molecular weight excluding hydrogens is 131 g/mol. The second kappa shape index (κ2) is 2.64. The molecule has 0 aliphatic carbocycles. The number of aryl methyl sites for hydroxylation is 1. The second-order valence-electron chi connectivity index (χ2n) is 2.07. The van der Waals surface area contributed by atoms with Crippen molar-refractivity contribution in [1.82, 2.24) is 4.98 Å². The Morgan fingerprint density at radius 3 is 2.80 bits per heavy atom. The molecule has 2 nitrogen and oxygen atoms in total. The van der Waals surface area contributed by atoms with Crippen molar-refractivity contribution in [3.63, 3.8) is 0 Å². The van der Waals surface area contributed by atoms with Gasteiger partial charge in [0.2, 0.25) is 0 Å². The number of pyridine rings is 1. The van der Waals surface area contributed by atoms with E-state index < -0.39 is 0 Å². The fourth-order valence-corrected chi connectivity index (χ4v) is 0.676. The molecule has 0 aromatic carbocycles. The summed E-state index contributed by atoms with van der Waals surface area (Å²) >= 11 is 0. The van der Waals surface area contributed by atoms with Gasteiger partial charge in [0.25, 0.3) is 0 Å². The first kappa shape index (κ1) is 6.99. The molecule has 0 bridgehead atoms. The second-order valence-corrected chi connectivity index (χ2v) is 2.07. The van der Waals surface area contributed by atoms with Crippen molar-refractivity contribution in [1.29, 1.82) is 0 Å². The van der Waals surface area contributed by atoms with Crippen LogP contribution < -0.4 is 5.32 Å². The number of aromatic nitrogens is 1. The largest absolute Gasteiger partial charge is 0.373 e. The lowest BCUT2D eigenvalue weighted by molar-refractivity contribution is 0.612. The minimum atomic E-state index is -0.265. The predicted octanol–water partition coefficient (Wildman–Crippen LogP) is 1.57. The minimum Gasteiger partial charge on any atom is -0.373 e. The van der Waals surface area contributed by atoms with E-state index in [0.717, 1.165) is 0 Å². The maximum absolute atomic E-state index is 12.5. The molecule has 0 aliphatic heterocycles. The Morgan fingerprint density at radius 1 is 1.60 bits per heavy atom. The van der Waals surface area contributed by atoms with Crippen molar-refractivity contribution in [3.8, 4) is 0 Å². The molecule has 1 aromatic rings. The van der Waals surface area contributed by atoms with E-state index in [1.807, 2.05) is 0 Å². The van der Waals surface area contributed by atoms with Crippen molar-refractivity contribution >= 4 is 5.82 Å². The van der Waals surface area contributed by atoms with Crippen LogP contribution in [0.3, 0.4) is 0 Å². The van der Waals surface area contributed by atoms with Crippen LogP contribution in [0.25, 0.3) is 0 Å². The van der Waals surface area contributed by atoms with Crippen LogP contribution in [0.5, 0.6) is 0 Å². The molecule has 1 rings (SSSR count). The number of rotatable bonds is 1. The van der Waals surface area contributed by atoms with E-state index in [9.17, 15) is 4.39 Å². The van der Waals surface area contributed by atoms with Crippen LogP contribution in [-0.4, -0.2) is 12.0 Å². The molecule has 0 saturated heterocycles. The summed E-state index contributed by atoms with van der Waals surface area (Å²) in [7, 11) is 1.75. The van der Waals surface area contributed by atoms with Gasteiger partial charge in [-0.1, -0.05) is 0 Å². The van der Waals surface area contributed by atoms with Crippen LogP contribution in [0.15, 0.2) is 12.3 Å². The maximum atomic E-state index is 12.5. The van der Waals surface area contributed by atoms with Crippen molar-refractivity contribution in [2.45, 2.75) is 6.92 Å². The molecule has 0 unspecified atom stereocenters. The summed E-state index contributed by atoms with van der Waals surface area (Å²) in [6.45, 7) is 1.71. The maximum Gasteiger partial charge on any atom is 0.144 e. The van der Waals surface area contributed by atoms with Gasteiger partial charge in [-0.05, 0) is 18.6 Å². The van der Waals surface area contributed by atoms with E-state index in [-0.39, 0.29) is 5.82 Å². The van der Waals surface area contributed by atoms with Gasteiger partial charge < -0.3 is 5.32 Å². The van der Waals surface area contributed by atoms with Gasteiger partial charge in [-0.3, -0.25) is 0 Å². The van der Waals surface area contributed by atoms with Gasteiger partial charge in [0, 0.05) is 7.05 Å². The molecular formula is C7H9FN2. The Kier molecular flexibility index (Phi) is 1.85. The molecule has 0 amide bonds. The molecule has 1 heterocycles. The highest BCUT2D eigenvalue weighted by molar-refractivity contribution is 5.36. The zero-order valence-corrected chi connectivity index (χ0v) is 5.98. The van der Waals surface area contributed by atoms with E-state index in [2.05, 4.69) is 10.3 Å². The van der Waals surface area contributed by atoms with Crippen LogP contribution in [0.4, 0.5) is 10.2 Å². The van der Waals surface area contributed by atoms with Crippen molar-refractivity contribution in [3.05, 3.63) is 23.6 Å². The third kappa shape index (κ3) is 1.23. The normalized spacial score (nSPS) is 9.50. The molecule has 0 aliphatic rings. The molecule has 0 saturated carbocycles. The Balaban J connectivity index is 3.04. The fourth-order valence-electron chi connectivity index (χ4n) is 0.676. The van der Waals surface area contributed by atoms with Gasteiger partial charge in [0.05, 0.1) is 6.20 Å². The molecule has 0 spiro atoms. The molecule has 0 atom stereocenters. The monoisotopic (exact) mass is 140 g/mol. The third-order valence-electron chi connectivity index (χ3n) is 1.30. The SMILES string of the molecule is CNc1cc(C)c(F)cn1. The zero-order valence-electron chi connectivity index (χ0n) is 5.98. The summed E-state index contributed by atoms with van der Waals surface area (Å²) in [6.07, 6.45) is 1.21. The summed E-state index contributed by atoms with van der Waals surface area (Å²) in [5, 5.41) is 2.82. The quantitative estimate of drug-likeness (QED) is 0.640. The zero-order chi connectivity index (χ0) is 7.56. The average molecular weight is 140 g/mol. The molecule has 1 N–H and O–H groups in total. The first-order valence-corrected chi connectivity index (χ1v) is 3.04. The van der Waals surface area contributed by atoms with Crippen molar-refractivity contribution in [2.24, 2.45) is 0 Å². The molecule has 3 heteroatoms. The number of halogens is 1. The number of nitrogens with one attached hydrogen (secondary N) is 1. The lowest BCUT2D eigenvalue weighted by Crippen LogP contribution is -1.93. The van der Waals surface area contributed by atoms with E-state index in [0.29, 0.717) is 11.4 Å². The molecule has 0 radical (unpaired) electrons. The number of anilines is 1. The summed E-state index contributed by atoms with van der Waals surface area (Å²) in [5.74, 6) is 0.429. The Hall–Kier alpha value is -1.12. The first-order valence-electron chi connectivity index (χ1n) is 3.04. The van der Waals surface area contributed by atoms with Crippen molar-refractivity contribution in [2.75, 3.05) is 12.4 Å². The highest BCUT2D eigenvalue weighted by Gasteiger charge is 1.96. The smallest absolute Gasteiger partial charge is 0.144 e. The fraction of sp³-hybridized carbons (Fsp3) is 0.286. The predicted molar refractivity (Wildman–Crippen MR) is 38.5 cm³/mol. The summed E-state index contributed by atoms with van der Waals surface area (Å²) in [6, 6.07) is 1.66. The van der Waals surface area contributed by atoms with E-state index in [1.54, 1.807) is 20.0 Å². The van der Waals surface area contributed by atoms with Crippen LogP contribution in [0.1, 0.15) is 5.56 Å². The van der Waals surface area contributed by atoms with Gasteiger partial charge in [0.15, 0.2) is 0 Å². The average Bonchev–Trinajstić information content (AvgIpc) is 1.95. The molecule has 1 aromatic heterocycles. The van der Waals surface area contributed by atoms with Crippen LogP contribution in [0.2, 0.25) is 0 Å². The minimum absolute atomic E-state index is 0.265. The highest BCUT2D eigenvalue weighted by Crippen LogP contribution is 2.08. The van der Waals surface area contributed by atoms with Gasteiger partial charge in [-0.15, -0.1) is 0 Å². The van der Waals surface area contributed by atoms with Gasteiger partial charge in [0.1, 0.15) is 11.6 Å². The molecule has 54 valence electrons. The van der Waals surface area contributed by atoms with Gasteiger partial charge >= 0.3 is 0 Å². The third-order valence-corrected chi connectivity index (χ3v) is 1.30. The van der Waals surface area contributed by atoms with Crippen molar-refractivity contribution < 1.29 is 4.39 Å². The number of hydrogen-bond donors (Lipinski definition) is 1. The summed E-state index contributed by atoms with van der Waals surface area (Å²) in [5.41, 5.74) is 0.611. The lowest BCUT2D eigenvalue weighted by atomic mass is 10.3. The first-order chi connectivity index (χ1) is 4.74. The molecule has 0 fully saturated rings. The summed E-state index contributed by atoms with van der Waals surface area (Å²) < 4.78 is 12.5. The van der Waals surface area contributed by atoms with Gasteiger partial charge in [-0.25, -0.2) is 9.37 Å². The molecule has 10 heavy (non-hydrogen) atoms. The van der Waals surface area contributed by atoms with Crippen LogP contribution >= 0.6 is 0 Å². The van der Waals surface area contributed by atoms with Gasteiger partial charge in [-0.2, -0.15) is 0 Å².